The molecule has 3 rings (SSSR count). The first-order valence-electron chi connectivity index (χ1n) is 8.82. The van der Waals surface area contributed by atoms with E-state index in [1.807, 2.05) is 4.90 Å². The summed E-state index contributed by atoms with van der Waals surface area (Å²) in [5, 5.41) is 11.6. The maximum Gasteiger partial charge on any atom is 0.294 e. The van der Waals surface area contributed by atoms with Crippen LogP contribution in [-0.2, 0) is 0 Å². The molecule has 0 aromatic heterocycles. The summed E-state index contributed by atoms with van der Waals surface area (Å²) in [5.41, 5.74) is 0.660. The zero-order valence-corrected chi connectivity index (χ0v) is 15.6. The van der Waals surface area contributed by atoms with Crippen LogP contribution in [-0.4, -0.2) is 49.2 Å². The molecule has 144 valence electrons. The summed E-state index contributed by atoms with van der Waals surface area (Å²) >= 11 is 5.88. The maximum atomic E-state index is 12.9. The molecular weight excluding hydrogens is 373 g/mol. The molecule has 0 bridgehead atoms. The fourth-order valence-corrected chi connectivity index (χ4v) is 3.30. The second-order valence-corrected chi connectivity index (χ2v) is 6.81. The number of hydrogen-bond donors (Lipinski definition) is 0. The van der Waals surface area contributed by atoms with E-state index in [0.29, 0.717) is 23.1 Å². The first-order chi connectivity index (χ1) is 13.0. The molecule has 1 aliphatic heterocycles. The van der Waals surface area contributed by atoms with Crippen LogP contribution < -0.4 is 9.64 Å². The molecule has 6 nitrogen and oxygen atoms in total. The molecule has 1 fully saturated rings. The average molecular weight is 394 g/mol. The van der Waals surface area contributed by atoms with Gasteiger partial charge in [-0.2, -0.15) is 0 Å². The van der Waals surface area contributed by atoms with Gasteiger partial charge in [0.25, 0.3) is 5.69 Å². The van der Waals surface area contributed by atoms with Crippen LogP contribution in [0.3, 0.4) is 0 Å². The number of rotatable bonds is 7. The number of piperazine rings is 1. The van der Waals surface area contributed by atoms with Crippen molar-refractivity contribution in [1.82, 2.24) is 4.90 Å². The fraction of sp³-hybridized carbons (Fsp3) is 0.368. The topological polar surface area (TPSA) is 58.9 Å². The van der Waals surface area contributed by atoms with Crippen molar-refractivity contribution in [3.63, 3.8) is 0 Å². The lowest BCUT2D eigenvalue weighted by Gasteiger charge is -2.35. The van der Waals surface area contributed by atoms with Crippen LogP contribution in [0, 0.1) is 15.9 Å². The summed E-state index contributed by atoms with van der Waals surface area (Å²) < 4.78 is 18.5. The van der Waals surface area contributed by atoms with Gasteiger partial charge in [0.05, 0.1) is 11.5 Å². The number of hydrogen-bond acceptors (Lipinski definition) is 5. The normalized spacial score (nSPS) is 15.0. The first kappa shape index (κ1) is 19.4. The lowest BCUT2D eigenvalue weighted by Crippen LogP contribution is -2.47. The minimum Gasteiger partial charge on any atom is -0.494 e. The fourth-order valence-electron chi connectivity index (χ4n) is 3.13. The molecule has 0 N–H and O–H groups in total. The highest BCUT2D eigenvalue weighted by Gasteiger charge is 2.23. The van der Waals surface area contributed by atoms with Gasteiger partial charge in [0.1, 0.15) is 17.3 Å². The van der Waals surface area contributed by atoms with Gasteiger partial charge >= 0.3 is 0 Å². The summed E-state index contributed by atoms with van der Waals surface area (Å²) in [4.78, 5) is 15.2. The van der Waals surface area contributed by atoms with E-state index in [1.165, 1.54) is 18.2 Å². The van der Waals surface area contributed by atoms with Gasteiger partial charge in [0, 0.05) is 43.8 Å². The average Bonchev–Trinajstić information content (AvgIpc) is 2.67. The van der Waals surface area contributed by atoms with E-state index in [0.717, 1.165) is 39.1 Å². The van der Waals surface area contributed by atoms with E-state index in [1.54, 1.807) is 24.3 Å². The Labute approximate surface area is 162 Å². The van der Waals surface area contributed by atoms with Crippen molar-refractivity contribution < 1.29 is 14.1 Å². The zero-order chi connectivity index (χ0) is 19.2. The predicted octanol–water partition coefficient (Wildman–Crippen LogP) is 3.98. The highest BCUT2D eigenvalue weighted by molar-refractivity contribution is 6.30. The molecule has 0 unspecified atom stereocenters. The molecule has 0 radical (unpaired) electrons. The first-order valence-corrected chi connectivity index (χ1v) is 9.20. The monoisotopic (exact) mass is 393 g/mol. The van der Waals surface area contributed by atoms with Crippen molar-refractivity contribution >= 4 is 23.0 Å². The Hall–Kier alpha value is -2.38. The van der Waals surface area contributed by atoms with Gasteiger partial charge < -0.3 is 9.64 Å². The second-order valence-electron chi connectivity index (χ2n) is 6.37. The Bertz CT molecular complexity index is 780. The van der Waals surface area contributed by atoms with Crippen molar-refractivity contribution in [1.29, 1.82) is 0 Å². The molecule has 1 aliphatic rings. The van der Waals surface area contributed by atoms with Crippen LogP contribution in [0.5, 0.6) is 5.75 Å². The van der Waals surface area contributed by atoms with Crippen LogP contribution in [0.15, 0.2) is 42.5 Å². The molecule has 2 aromatic carbocycles. The number of benzene rings is 2. The number of nitro groups is 1. The van der Waals surface area contributed by atoms with Crippen LogP contribution in [0.25, 0.3) is 0 Å². The standard InChI is InChI=1S/C19H21ClFN3O3/c20-15-2-7-18(19(14-15)24(25)26)23-11-9-22(10-12-23)8-1-13-27-17-5-3-16(21)4-6-17/h2-7,14H,1,8-13H2. The quantitative estimate of drug-likeness (QED) is 0.404. The largest absolute Gasteiger partial charge is 0.494 e. The van der Waals surface area contributed by atoms with Crippen molar-refractivity contribution in [2.75, 3.05) is 44.2 Å². The predicted molar refractivity (Wildman–Crippen MR) is 103 cm³/mol. The van der Waals surface area contributed by atoms with Gasteiger partial charge in [0.15, 0.2) is 0 Å². The molecule has 1 saturated heterocycles. The third-order valence-corrected chi connectivity index (χ3v) is 4.78. The molecule has 0 amide bonds. The molecule has 27 heavy (non-hydrogen) atoms. The van der Waals surface area contributed by atoms with Gasteiger partial charge in [-0.05, 0) is 42.8 Å². The molecular formula is C19H21ClFN3O3. The third kappa shape index (κ3) is 5.30. The zero-order valence-electron chi connectivity index (χ0n) is 14.8. The Kier molecular flexibility index (Phi) is 6.47. The van der Waals surface area contributed by atoms with Crippen molar-refractivity contribution in [3.8, 4) is 5.75 Å². The van der Waals surface area contributed by atoms with Crippen molar-refractivity contribution in [2.24, 2.45) is 0 Å². The second kappa shape index (κ2) is 9.01. The SMILES string of the molecule is O=[N+]([O-])c1cc(Cl)ccc1N1CCN(CCCOc2ccc(F)cc2)CC1. The maximum absolute atomic E-state index is 12.9. The Morgan fingerprint density at radius 1 is 1.11 bits per heavy atom. The lowest BCUT2D eigenvalue weighted by atomic mass is 10.2. The minimum absolute atomic E-state index is 0.0450. The van der Waals surface area contributed by atoms with Crippen molar-refractivity contribution in [3.05, 3.63) is 63.4 Å². The summed E-state index contributed by atoms with van der Waals surface area (Å²) in [5.74, 6) is 0.386. The van der Waals surface area contributed by atoms with Crippen LogP contribution in [0.2, 0.25) is 5.02 Å². The summed E-state index contributed by atoms with van der Waals surface area (Å²) in [6.07, 6.45) is 0.860. The van der Waals surface area contributed by atoms with Gasteiger partial charge in [0.2, 0.25) is 0 Å². The Morgan fingerprint density at radius 3 is 2.48 bits per heavy atom. The van der Waals surface area contributed by atoms with E-state index in [-0.39, 0.29) is 16.4 Å². The molecule has 2 aromatic rings. The molecule has 0 aliphatic carbocycles. The number of nitrogens with zero attached hydrogens (tertiary/aromatic N) is 3. The number of ether oxygens (including phenoxy) is 1. The summed E-state index contributed by atoms with van der Waals surface area (Å²) in [6, 6.07) is 10.8. The van der Waals surface area contributed by atoms with Crippen LogP contribution in [0.1, 0.15) is 6.42 Å². The number of halogens is 2. The molecule has 1 heterocycles. The van der Waals surface area contributed by atoms with Crippen LogP contribution >= 0.6 is 11.6 Å². The van der Waals surface area contributed by atoms with Crippen LogP contribution in [0.4, 0.5) is 15.8 Å². The van der Waals surface area contributed by atoms with Gasteiger partial charge in [-0.3, -0.25) is 15.0 Å². The molecule has 0 spiro atoms. The van der Waals surface area contributed by atoms with E-state index < -0.39 is 0 Å². The molecule has 8 heteroatoms. The highest BCUT2D eigenvalue weighted by atomic mass is 35.5. The smallest absolute Gasteiger partial charge is 0.294 e. The van der Waals surface area contributed by atoms with E-state index >= 15 is 0 Å². The van der Waals surface area contributed by atoms with Gasteiger partial charge in [-0.1, -0.05) is 11.6 Å². The number of nitro benzene ring substituents is 1. The Balaban J connectivity index is 1.44. The van der Waals surface area contributed by atoms with E-state index in [9.17, 15) is 14.5 Å². The highest BCUT2D eigenvalue weighted by Crippen LogP contribution is 2.31. The van der Waals surface area contributed by atoms with E-state index in [4.69, 9.17) is 16.3 Å². The Morgan fingerprint density at radius 2 is 1.81 bits per heavy atom. The third-order valence-electron chi connectivity index (χ3n) is 4.55. The molecule has 0 atom stereocenters. The molecule has 0 saturated carbocycles. The van der Waals surface area contributed by atoms with Gasteiger partial charge in [-0.15, -0.1) is 0 Å². The lowest BCUT2D eigenvalue weighted by molar-refractivity contribution is -0.384. The van der Waals surface area contributed by atoms with Gasteiger partial charge in [-0.25, -0.2) is 4.39 Å². The van der Waals surface area contributed by atoms with E-state index in [2.05, 4.69) is 4.90 Å². The van der Waals surface area contributed by atoms with Crippen molar-refractivity contribution in [2.45, 2.75) is 6.42 Å². The number of anilines is 1. The minimum atomic E-state index is -0.389. The summed E-state index contributed by atoms with van der Waals surface area (Å²) in [6.45, 7) is 4.56. The summed E-state index contributed by atoms with van der Waals surface area (Å²) in [7, 11) is 0.